The van der Waals surface area contributed by atoms with Crippen LogP contribution in [0, 0.1) is 11.3 Å². The van der Waals surface area contributed by atoms with Crippen LogP contribution >= 0.6 is 11.6 Å². The molecule has 1 aromatic carbocycles. The molecule has 5 heterocycles. The number of halogens is 4. The van der Waals surface area contributed by atoms with E-state index in [0.29, 0.717) is 43.4 Å². The molecule has 2 amide bonds. The van der Waals surface area contributed by atoms with Gasteiger partial charge >= 0.3 is 6.18 Å². The van der Waals surface area contributed by atoms with Crippen molar-refractivity contribution >= 4 is 41.3 Å². The highest BCUT2D eigenvalue weighted by atomic mass is 35.5. The Morgan fingerprint density at radius 1 is 1.23 bits per heavy atom. The van der Waals surface area contributed by atoms with Crippen LogP contribution in [-0.4, -0.2) is 64.6 Å². The van der Waals surface area contributed by atoms with Gasteiger partial charge in [0.25, 0.3) is 11.7 Å². The number of hydrogen-bond acceptors (Lipinski definition) is 7. The predicted octanol–water partition coefficient (Wildman–Crippen LogP) is 4.50. The zero-order valence-electron chi connectivity index (χ0n) is 23.1. The summed E-state index contributed by atoms with van der Waals surface area (Å²) >= 11 is 6.52. The lowest BCUT2D eigenvalue weighted by molar-refractivity contribution is -0.750. The first kappa shape index (κ1) is 29.2. The van der Waals surface area contributed by atoms with Gasteiger partial charge in [-0.2, -0.15) is 24.0 Å². The van der Waals surface area contributed by atoms with Crippen LogP contribution in [0.4, 0.5) is 19.0 Å². The SMILES string of the molecule is CC1(C(=O)N2CCC[C@@H](C3=C4C=NC=C[N+]4(N)C(c4ccc(C(=O)Nc5cc(C(F)(F)F)ccn5)c(Cl)c4)=N3)C2)COC1. The number of nitrogens with zero attached hydrogens (tertiary/aromatic N) is 5. The molecule has 0 spiro atoms. The summed E-state index contributed by atoms with van der Waals surface area (Å²) in [5.74, 6) is 6.34. The Bertz CT molecular complexity index is 1630. The van der Waals surface area contributed by atoms with Gasteiger partial charge in [0.15, 0.2) is 0 Å². The Balaban J connectivity index is 1.26. The molecule has 1 aromatic heterocycles. The molecule has 4 aliphatic rings. The van der Waals surface area contributed by atoms with E-state index < -0.39 is 23.1 Å². The largest absolute Gasteiger partial charge is 0.416 e. The third-order valence-electron chi connectivity index (χ3n) is 8.08. The molecule has 2 saturated heterocycles. The lowest BCUT2D eigenvalue weighted by Gasteiger charge is -2.42. The van der Waals surface area contributed by atoms with Gasteiger partial charge in [0.2, 0.25) is 11.6 Å². The molecule has 1 unspecified atom stereocenters. The third-order valence-corrected chi connectivity index (χ3v) is 8.39. The van der Waals surface area contributed by atoms with Crippen LogP contribution < -0.4 is 11.2 Å². The van der Waals surface area contributed by atoms with E-state index in [1.807, 2.05) is 11.8 Å². The molecule has 0 radical (unpaired) electrons. The number of hydrogen-bond donors (Lipinski definition) is 2. The Morgan fingerprint density at radius 2 is 2.02 bits per heavy atom. The van der Waals surface area contributed by atoms with Crippen molar-refractivity contribution in [2.24, 2.45) is 27.2 Å². The van der Waals surface area contributed by atoms with Gasteiger partial charge in [0, 0.05) is 25.2 Å². The number of aliphatic imine (C=N–C) groups is 2. The van der Waals surface area contributed by atoms with Crippen LogP contribution in [0.25, 0.3) is 0 Å². The highest BCUT2D eigenvalue weighted by molar-refractivity contribution is 6.34. The zero-order valence-corrected chi connectivity index (χ0v) is 23.8. The molecule has 0 aliphatic carbocycles. The smallest absolute Gasteiger partial charge is 0.379 e. The number of piperidine rings is 1. The van der Waals surface area contributed by atoms with Crippen molar-refractivity contribution in [3.63, 3.8) is 0 Å². The van der Waals surface area contributed by atoms with Crippen molar-refractivity contribution in [1.29, 1.82) is 0 Å². The number of nitrogens with two attached hydrogens (primary N) is 1. The van der Waals surface area contributed by atoms with Gasteiger partial charge in [0.05, 0.1) is 52.8 Å². The second-order valence-electron chi connectivity index (χ2n) is 11.3. The number of alkyl halides is 3. The summed E-state index contributed by atoms with van der Waals surface area (Å²) in [5, 5.41) is 2.41. The van der Waals surface area contributed by atoms with Crippen LogP contribution in [-0.2, 0) is 15.7 Å². The molecule has 0 saturated carbocycles. The molecule has 4 aliphatic heterocycles. The number of nitrogens with one attached hydrogen (secondary N) is 1. The average Bonchev–Trinajstić information content (AvgIpc) is 3.28. The van der Waals surface area contributed by atoms with Crippen molar-refractivity contribution in [3.8, 4) is 0 Å². The number of quaternary nitrogens is 1. The van der Waals surface area contributed by atoms with Crippen molar-refractivity contribution in [1.82, 2.24) is 9.88 Å². The highest BCUT2D eigenvalue weighted by Crippen LogP contribution is 2.39. The fourth-order valence-electron chi connectivity index (χ4n) is 5.70. The van der Waals surface area contributed by atoms with Crippen LogP contribution in [0.3, 0.4) is 0 Å². The molecule has 2 fully saturated rings. The number of aromatic nitrogens is 1. The Labute approximate surface area is 249 Å². The maximum absolute atomic E-state index is 13.2. The quantitative estimate of drug-likeness (QED) is 0.379. The molecule has 224 valence electrons. The van der Waals surface area contributed by atoms with Gasteiger partial charge in [-0.15, -0.1) is 4.59 Å². The van der Waals surface area contributed by atoms with E-state index in [2.05, 4.69) is 15.3 Å². The summed E-state index contributed by atoms with van der Waals surface area (Å²) in [5.41, 5.74) is 0.524. The number of amides is 2. The molecule has 10 nitrogen and oxygen atoms in total. The minimum atomic E-state index is -4.58. The molecule has 0 bridgehead atoms. The molecule has 43 heavy (non-hydrogen) atoms. The Morgan fingerprint density at radius 3 is 2.72 bits per heavy atom. The number of anilines is 1. The number of rotatable bonds is 5. The molecule has 3 N–H and O–H groups in total. The number of amidine groups is 1. The summed E-state index contributed by atoms with van der Waals surface area (Å²) in [6.45, 7) is 3.89. The van der Waals surface area contributed by atoms with E-state index in [1.54, 1.807) is 24.7 Å². The van der Waals surface area contributed by atoms with Crippen LogP contribution in [0.15, 0.2) is 70.3 Å². The maximum atomic E-state index is 13.2. The third kappa shape index (κ3) is 5.26. The summed E-state index contributed by atoms with van der Waals surface area (Å²) in [6, 6.07) is 6.18. The summed E-state index contributed by atoms with van der Waals surface area (Å²) < 4.78 is 44.3. The highest BCUT2D eigenvalue weighted by Gasteiger charge is 2.48. The van der Waals surface area contributed by atoms with E-state index >= 15 is 0 Å². The minimum Gasteiger partial charge on any atom is -0.379 e. The van der Waals surface area contributed by atoms with E-state index in [9.17, 15) is 22.8 Å². The second kappa shape index (κ2) is 10.7. The molecule has 2 aromatic rings. The maximum Gasteiger partial charge on any atom is 0.416 e. The van der Waals surface area contributed by atoms with Gasteiger partial charge in [0.1, 0.15) is 17.7 Å². The van der Waals surface area contributed by atoms with E-state index in [4.69, 9.17) is 27.2 Å². The number of likely N-dealkylation sites (tertiary alicyclic amines) is 1. The van der Waals surface area contributed by atoms with Crippen LogP contribution in [0.1, 0.15) is 41.3 Å². The van der Waals surface area contributed by atoms with Crippen molar-refractivity contribution in [2.45, 2.75) is 25.9 Å². The Kier molecular flexibility index (Phi) is 7.24. The molecular formula is C29H28ClF3N7O3+. The number of carbonyl (C=O) groups excluding carboxylic acids is 2. The molecule has 6 rings (SSSR count). The van der Waals surface area contributed by atoms with Gasteiger partial charge in [-0.3, -0.25) is 14.6 Å². The van der Waals surface area contributed by atoms with E-state index in [0.717, 1.165) is 36.9 Å². The van der Waals surface area contributed by atoms with E-state index in [1.165, 1.54) is 12.1 Å². The lowest BCUT2D eigenvalue weighted by atomic mass is 9.85. The van der Waals surface area contributed by atoms with E-state index in [-0.39, 0.29) is 32.8 Å². The van der Waals surface area contributed by atoms with Crippen LogP contribution in [0.5, 0.6) is 0 Å². The summed E-state index contributed by atoms with van der Waals surface area (Å²) in [6.07, 6.45) is 2.93. The topological polar surface area (TPSA) is 122 Å². The van der Waals surface area contributed by atoms with Gasteiger partial charge < -0.3 is 15.0 Å². The molecule has 2 atom stereocenters. The van der Waals surface area contributed by atoms with Gasteiger partial charge in [-0.1, -0.05) is 11.6 Å². The number of allylic oxidation sites excluding steroid dienone is 1. The summed E-state index contributed by atoms with van der Waals surface area (Å²) in [7, 11) is 0. The Hall–Kier alpha value is -3.91. The standard InChI is InChI=1S/C29H27ClF3N7O3/c1-28(15-43-16-28)27(42)39-9-2-3-18(14-39)24-22-13-35-8-10-40(22,34)25(38-24)17-4-5-20(21(30)11-17)26(41)37-23-12-19(6-7-36-23)29(31,32)33/h4-8,10-13,18H,2-3,9,14-16,34H2,1H3/p+1/t18-,40?/m1/s1. The number of ether oxygens (including phenoxy) is 1. The number of carbonyl (C=O) groups is 2. The normalized spacial score (nSPS) is 24.4. The second-order valence-corrected chi connectivity index (χ2v) is 11.7. The fraction of sp³-hybridized carbons (Fsp3) is 0.345. The fourth-order valence-corrected chi connectivity index (χ4v) is 5.97. The monoisotopic (exact) mass is 614 g/mol. The molecular weight excluding hydrogens is 587 g/mol. The number of benzene rings is 1. The first-order chi connectivity index (χ1) is 20.4. The van der Waals surface area contributed by atoms with Crippen LogP contribution in [0.2, 0.25) is 5.02 Å². The zero-order chi connectivity index (χ0) is 30.6. The molecule has 14 heteroatoms. The first-order valence-corrected chi connectivity index (χ1v) is 14.0. The van der Waals surface area contributed by atoms with Crippen molar-refractivity contribution < 1.29 is 32.1 Å². The summed E-state index contributed by atoms with van der Waals surface area (Å²) in [4.78, 5) is 41.1. The van der Waals surface area contributed by atoms with Gasteiger partial charge in [-0.25, -0.2) is 4.98 Å². The average molecular weight is 615 g/mol. The lowest BCUT2D eigenvalue weighted by Crippen LogP contribution is -2.55. The van der Waals surface area contributed by atoms with Crippen molar-refractivity contribution in [3.05, 3.63) is 82.0 Å². The minimum absolute atomic E-state index is 0.0332. The predicted molar refractivity (Wildman–Crippen MR) is 153 cm³/mol. The van der Waals surface area contributed by atoms with Crippen molar-refractivity contribution in [2.75, 3.05) is 31.6 Å². The van der Waals surface area contributed by atoms with Gasteiger partial charge in [-0.05, 0) is 50.1 Å². The number of fused-ring (bicyclic) bond motifs is 1. The first-order valence-electron chi connectivity index (χ1n) is 13.6. The number of pyridine rings is 1.